The smallest absolute Gasteiger partial charge is 0.416 e. The molecule has 1 aromatic heterocycles. The highest BCUT2D eigenvalue weighted by atomic mass is 32.1. The molecule has 2 aromatic carbocycles. The Balaban J connectivity index is 1.40. The van der Waals surface area contributed by atoms with Gasteiger partial charge >= 0.3 is 12.1 Å². The van der Waals surface area contributed by atoms with Gasteiger partial charge in [-0.1, -0.05) is 42.6 Å². The van der Waals surface area contributed by atoms with E-state index in [0.29, 0.717) is 29.9 Å². The normalized spacial score (nSPS) is 15.3. The lowest BCUT2D eigenvalue weighted by Crippen LogP contribution is -2.17. The maximum atomic E-state index is 13.8. The summed E-state index contributed by atoms with van der Waals surface area (Å²) >= 11 is 1.56. The first kappa shape index (κ1) is 27.1. The highest BCUT2D eigenvalue weighted by molar-refractivity contribution is 7.20. The van der Waals surface area contributed by atoms with Crippen molar-refractivity contribution in [1.82, 2.24) is 5.32 Å². The minimum atomic E-state index is -4.40. The Morgan fingerprint density at radius 1 is 1.11 bits per heavy atom. The number of nitrogens with one attached hydrogen (secondary N) is 1. The van der Waals surface area contributed by atoms with Crippen molar-refractivity contribution >= 4 is 33.1 Å². The van der Waals surface area contributed by atoms with Crippen molar-refractivity contribution in [2.45, 2.75) is 70.7 Å². The summed E-state index contributed by atoms with van der Waals surface area (Å²) in [5, 5.41) is 17.1. The van der Waals surface area contributed by atoms with Crippen molar-refractivity contribution in [2.24, 2.45) is 5.16 Å². The van der Waals surface area contributed by atoms with E-state index in [1.54, 1.807) is 23.5 Å². The van der Waals surface area contributed by atoms with E-state index >= 15 is 0 Å². The van der Waals surface area contributed by atoms with Crippen LogP contribution in [-0.2, 0) is 29.0 Å². The molecule has 198 valence electrons. The van der Waals surface area contributed by atoms with E-state index in [2.05, 4.69) is 10.5 Å². The average Bonchev–Trinajstić information content (AvgIpc) is 3.30. The molecule has 0 amide bonds. The van der Waals surface area contributed by atoms with Gasteiger partial charge in [0.25, 0.3) is 0 Å². The first-order valence-corrected chi connectivity index (χ1v) is 13.3. The number of hydrogen-bond acceptors (Lipinski definition) is 5. The second-order valence-electron chi connectivity index (χ2n) is 9.51. The molecule has 1 fully saturated rings. The molecule has 2 N–H and O–H groups in total. The maximum Gasteiger partial charge on any atom is 0.416 e. The molecule has 0 spiro atoms. The van der Waals surface area contributed by atoms with Gasteiger partial charge in [-0.25, -0.2) is 0 Å². The zero-order valence-corrected chi connectivity index (χ0v) is 21.6. The molecule has 37 heavy (non-hydrogen) atoms. The van der Waals surface area contributed by atoms with Gasteiger partial charge in [-0.3, -0.25) is 4.79 Å². The van der Waals surface area contributed by atoms with Gasteiger partial charge < -0.3 is 15.3 Å². The molecule has 4 rings (SSSR count). The number of carboxylic acid groups (broad SMARTS) is 1. The van der Waals surface area contributed by atoms with Crippen LogP contribution in [0.2, 0.25) is 0 Å². The van der Waals surface area contributed by atoms with E-state index in [-0.39, 0.29) is 18.9 Å². The van der Waals surface area contributed by atoms with Gasteiger partial charge in [0.1, 0.15) is 6.61 Å². The Kier molecular flexibility index (Phi) is 8.87. The number of nitrogens with zero attached hydrogens (tertiary/aromatic N) is 1. The number of carbonyl (C=O) groups is 1. The molecule has 1 heterocycles. The summed E-state index contributed by atoms with van der Waals surface area (Å²) in [6.45, 7) is 2.75. The lowest BCUT2D eigenvalue weighted by atomic mass is 9.81. The molecule has 0 atom stereocenters. The molecule has 0 bridgehead atoms. The summed E-state index contributed by atoms with van der Waals surface area (Å²) in [6, 6.07) is 12.6. The molecule has 3 aromatic rings. The van der Waals surface area contributed by atoms with Crippen molar-refractivity contribution in [3.8, 4) is 0 Å². The van der Waals surface area contributed by atoms with Crippen LogP contribution < -0.4 is 5.32 Å². The fraction of sp³-hybridized carbons (Fsp3) is 0.429. The SMILES string of the molecule is C/C(=N\OCc1ccc(C2CCCCC2)c(C(F)(F)F)c1)c1cc2cc(CNCCC(=O)O)ccc2s1. The van der Waals surface area contributed by atoms with Gasteiger partial charge in [0.15, 0.2) is 0 Å². The topological polar surface area (TPSA) is 70.9 Å². The summed E-state index contributed by atoms with van der Waals surface area (Å²) in [5.41, 5.74) is 1.98. The highest BCUT2D eigenvalue weighted by Crippen LogP contribution is 2.41. The number of benzene rings is 2. The Morgan fingerprint density at radius 2 is 1.86 bits per heavy atom. The number of aliphatic carboxylic acids is 1. The van der Waals surface area contributed by atoms with E-state index in [4.69, 9.17) is 9.94 Å². The van der Waals surface area contributed by atoms with E-state index < -0.39 is 17.7 Å². The summed E-state index contributed by atoms with van der Waals surface area (Å²) in [5.74, 6) is -0.866. The third-order valence-corrected chi connectivity index (χ3v) is 7.91. The maximum absolute atomic E-state index is 13.8. The minimum absolute atomic E-state index is 0.0328. The van der Waals surface area contributed by atoms with Gasteiger partial charge in [0.05, 0.1) is 22.6 Å². The first-order chi connectivity index (χ1) is 17.7. The third-order valence-electron chi connectivity index (χ3n) is 6.68. The van der Waals surface area contributed by atoms with Crippen molar-refractivity contribution < 1.29 is 27.9 Å². The summed E-state index contributed by atoms with van der Waals surface area (Å²) in [7, 11) is 0. The number of fused-ring (bicyclic) bond motifs is 1. The Morgan fingerprint density at radius 3 is 2.59 bits per heavy atom. The monoisotopic (exact) mass is 532 g/mol. The Labute approximate surface area is 218 Å². The van der Waals surface area contributed by atoms with Crippen LogP contribution in [0.15, 0.2) is 47.6 Å². The van der Waals surface area contributed by atoms with E-state index in [1.165, 1.54) is 6.07 Å². The molecule has 0 unspecified atom stereocenters. The second kappa shape index (κ2) is 12.1. The minimum Gasteiger partial charge on any atom is -0.481 e. The van der Waals surface area contributed by atoms with Crippen LogP contribution in [0, 0.1) is 0 Å². The first-order valence-electron chi connectivity index (χ1n) is 12.5. The number of alkyl halides is 3. The van der Waals surface area contributed by atoms with Crippen molar-refractivity contribution in [3.63, 3.8) is 0 Å². The van der Waals surface area contributed by atoms with Gasteiger partial charge in [0, 0.05) is 17.8 Å². The van der Waals surface area contributed by atoms with Crippen LogP contribution in [0.4, 0.5) is 13.2 Å². The molecule has 0 saturated heterocycles. The van der Waals surface area contributed by atoms with Gasteiger partial charge in [-0.05, 0) is 72.0 Å². The lowest BCUT2D eigenvalue weighted by Gasteiger charge is -2.25. The highest BCUT2D eigenvalue weighted by Gasteiger charge is 2.35. The second-order valence-corrected chi connectivity index (χ2v) is 10.6. The number of thiophene rings is 1. The molecule has 1 saturated carbocycles. The Hall–Kier alpha value is -2.91. The number of halogens is 3. The van der Waals surface area contributed by atoms with Gasteiger partial charge in [-0.2, -0.15) is 13.2 Å². The summed E-state index contributed by atoms with van der Waals surface area (Å²) < 4.78 is 42.5. The quantitative estimate of drug-likeness (QED) is 0.161. The lowest BCUT2D eigenvalue weighted by molar-refractivity contribution is -0.139. The van der Waals surface area contributed by atoms with Crippen LogP contribution in [0.5, 0.6) is 0 Å². The standard InChI is InChI=1S/C28H31F3N2O3S/c1-18(26-15-22-13-19(8-10-25(22)37-26)16-32-12-11-27(34)35)33-36-17-20-7-9-23(21-5-3-2-4-6-21)24(14-20)28(29,30)31/h7-10,13-15,21,32H,2-6,11-12,16-17H2,1H3,(H,34,35)/b33-18+. The Bertz CT molecular complexity index is 1260. The van der Waals surface area contributed by atoms with E-state index in [0.717, 1.165) is 52.6 Å². The molecule has 0 radical (unpaired) electrons. The number of carboxylic acids is 1. The van der Waals surface area contributed by atoms with Crippen LogP contribution in [0.3, 0.4) is 0 Å². The van der Waals surface area contributed by atoms with Crippen LogP contribution >= 0.6 is 11.3 Å². The fourth-order valence-corrected chi connectivity index (χ4v) is 5.75. The molecule has 0 aliphatic heterocycles. The number of oxime groups is 1. The van der Waals surface area contributed by atoms with Gasteiger partial charge in [0.2, 0.25) is 0 Å². The molecule has 1 aliphatic rings. The third kappa shape index (κ3) is 7.32. The summed E-state index contributed by atoms with van der Waals surface area (Å²) in [6.07, 6.45) is 0.327. The van der Waals surface area contributed by atoms with Crippen molar-refractivity contribution in [3.05, 3.63) is 69.6 Å². The van der Waals surface area contributed by atoms with Crippen molar-refractivity contribution in [1.29, 1.82) is 0 Å². The fourth-order valence-electron chi connectivity index (χ4n) is 4.77. The predicted octanol–water partition coefficient (Wildman–Crippen LogP) is 7.47. The zero-order chi connectivity index (χ0) is 26.4. The van der Waals surface area contributed by atoms with Crippen LogP contribution in [0.25, 0.3) is 10.1 Å². The largest absolute Gasteiger partial charge is 0.481 e. The average molecular weight is 533 g/mol. The predicted molar refractivity (Wildman–Crippen MR) is 140 cm³/mol. The van der Waals surface area contributed by atoms with Crippen LogP contribution in [0.1, 0.15) is 78.5 Å². The molecular weight excluding hydrogens is 501 g/mol. The van der Waals surface area contributed by atoms with Crippen molar-refractivity contribution in [2.75, 3.05) is 6.54 Å². The van der Waals surface area contributed by atoms with E-state index in [1.807, 2.05) is 31.2 Å². The molecular formula is C28H31F3N2O3S. The zero-order valence-electron chi connectivity index (χ0n) is 20.7. The summed E-state index contributed by atoms with van der Waals surface area (Å²) in [4.78, 5) is 17.0. The van der Waals surface area contributed by atoms with E-state index in [9.17, 15) is 18.0 Å². The molecule has 9 heteroatoms. The number of hydrogen-bond donors (Lipinski definition) is 2. The molecule has 1 aliphatic carbocycles. The molecule has 5 nitrogen and oxygen atoms in total. The van der Waals surface area contributed by atoms with Crippen LogP contribution in [-0.4, -0.2) is 23.3 Å². The number of rotatable bonds is 10. The van der Waals surface area contributed by atoms with Gasteiger partial charge in [-0.15, -0.1) is 11.3 Å².